The second kappa shape index (κ2) is 5.44. The van der Waals surface area contributed by atoms with Gasteiger partial charge in [0.1, 0.15) is 11.6 Å². The predicted molar refractivity (Wildman–Crippen MR) is 66.6 cm³/mol. The average molecular weight is 285 g/mol. The van der Waals surface area contributed by atoms with Gasteiger partial charge in [0.25, 0.3) is 0 Å². The van der Waals surface area contributed by atoms with Gasteiger partial charge in [-0.1, -0.05) is 0 Å². The summed E-state index contributed by atoms with van der Waals surface area (Å²) in [6.07, 6.45) is -3.32. The first kappa shape index (κ1) is 14.2. The van der Waals surface area contributed by atoms with E-state index in [1.54, 1.807) is 6.07 Å². The first-order valence-corrected chi connectivity index (χ1v) is 5.86. The fourth-order valence-electron chi connectivity index (χ4n) is 1.71. The van der Waals surface area contributed by atoms with E-state index in [1.807, 2.05) is 6.92 Å². The smallest absolute Gasteiger partial charge is 0.370 e. The lowest BCUT2D eigenvalue weighted by Gasteiger charge is -2.12. The van der Waals surface area contributed by atoms with E-state index >= 15 is 0 Å². The van der Waals surface area contributed by atoms with Crippen LogP contribution in [-0.2, 0) is 6.18 Å². The van der Waals surface area contributed by atoms with Gasteiger partial charge >= 0.3 is 6.18 Å². The standard InChI is InChI=1S/C13H11F4N3/c1-2-18-11-5-6-19-12(20-11)9-4-3-8(14)7-10(9)13(15,16)17/h3-7H,2H2,1H3,(H,18,19,20). The Balaban J connectivity index is 2.55. The number of anilines is 1. The van der Waals surface area contributed by atoms with Gasteiger partial charge in [-0.25, -0.2) is 14.4 Å². The highest BCUT2D eigenvalue weighted by Crippen LogP contribution is 2.36. The van der Waals surface area contributed by atoms with Gasteiger partial charge < -0.3 is 5.32 Å². The lowest BCUT2D eigenvalue weighted by molar-refractivity contribution is -0.137. The molecular weight excluding hydrogens is 274 g/mol. The summed E-state index contributed by atoms with van der Waals surface area (Å²) in [6, 6.07) is 3.97. The van der Waals surface area contributed by atoms with Crippen LogP contribution < -0.4 is 5.32 Å². The third-order valence-electron chi connectivity index (χ3n) is 2.54. The summed E-state index contributed by atoms with van der Waals surface area (Å²) in [5.41, 5.74) is -1.34. The molecule has 1 N–H and O–H groups in total. The quantitative estimate of drug-likeness (QED) is 0.873. The van der Waals surface area contributed by atoms with E-state index in [0.717, 1.165) is 12.1 Å². The van der Waals surface area contributed by atoms with Crippen LogP contribution in [0.5, 0.6) is 0 Å². The van der Waals surface area contributed by atoms with Gasteiger partial charge in [-0.15, -0.1) is 0 Å². The Morgan fingerprint density at radius 1 is 1.20 bits per heavy atom. The average Bonchev–Trinajstić information content (AvgIpc) is 2.38. The number of alkyl halides is 3. The summed E-state index contributed by atoms with van der Waals surface area (Å²) in [5.74, 6) is -0.644. The number of hydrogen-bond donors (Lipinski definition) is 1. The predicted octanol–water partition coefficient (Wildman–Crippen LogP) is 3.73. The van der Waals surface area contributed by atoms with Crippen molar-refractivity contribution in [1.82, 2.24) is 9.97 Å². The van der Waals surface area contributed by atoms with Gasteiger partial charge in [-0.3, -0.25) is 0 Å². The number of hydrogen-bond acceptors (Lipinski definition) is 3. The molecule has 1 aromatic heterocycles. The van der Waals surface area contributed by atoms with E-state index in [-0.39, 0.29) is 11.4 Å². The van der Waals surface area contributed by atoms with Crippen LogP contribution in [0.2, 0.25) is 0 Å². The van der Waals surface area contributed by atoms with Crippen molar-refractivity contribution in [2.75, 3.05) is 11.9 Å². The number of halogens is 4. The molecule has 1 aromatic carbocycles. The van der Waals surface area contributed by atoms with Crippen LogP contribution in [-0.4, -0.2) is 16.5 Å². The molecule has 20 heavy (non-hydrogen) atoms. The largest absolute Gasteiger partial charge is 0.417 e. The van der Waals surface area contributed by atoms with Crippen molar-refractivity contribution in [3.63, 3.8) is 0 Å². The molecule has 7 heteroatoms. The molecule has 0 aliphatic heterocycles. The Morgan fingerprint density at radius 2 is 1.95 bits per heavy atom. The number of nitrogens with one attached hydrogen (secondary N) is 1. The SMILES string of the molecule is CCNc1ccnc(-c2ccc(F)cc2C(F)(F)F)n1. The lowest BCUT2D eigenvalue weighted by Crippen LogP contribution is -2.09. The third kappa shape index (κ3) is 3.04. The highest BCUT2D eigenvalue weighted by Gasteiger charge is 2.34. The fraction of sp³-hybridized carbons (Fsp3) is 0.231. The summed E-state index contributed by atoms with van der Waals surface area (Å²) in [5, 5.41) is 2.88. The first-order valence-electron chi connectivity index (χ1n) is 5.86. The van der Waals surface area contributed by atoms with E-state index in [9.17, 15) is 17.6 Å². The number of aromatic nitrogens is 2. The zero-order chi connectivity index (χ0) is 14.8. The highest BCUT2D eigenvalue weighted by atomic mass is 19.4. The molecule has 0 saturated carbocycles. The van der Waals surface area contributed by atoms with Crippen LogP contribution in [0.25, 0.3) is 11.4 Å². The Morgan fingerprint density at radius 3 is 2.60 bits per heavy atom. The molecule has 0 aliphatic rings. The van der Waals surface area contributed by atoms with Crippen molar-refractivity contribution in [2.45, 2.75) is 13.1 Å². The van der Waals surface area contributed by atoms with Crippen LogP contribution in [0.15, 0.2) is 30.5 Å². The maximum Gasteiger partial charge on any atom is 0.417 e. The van der Waals surface area contributed by atoms with Gasteiger partial charge in [0.05, 0.1) is 5.56 Å². The molecule has 0 spiro atoms. The van der Waals surface area contributed by atoms with Crippen molar-refractivity contribution in [2.24, 2.45) is 0 Å². The minimum Gasteiger partial charge on any atom is -0.370 e. The van der Waals surface area contributed by atoms with Crippen molar-refractivity contribution in [3.8, 4) is 11.4 Å². The van der Waals surface area contributed by atoms with Crippen LogP contribution in [0.4, 0.5) is 23.4 Å². The normalized spacial score (nSPS) is 11.4. The molecule has 0 fully saturated rings. The van der Waals surface area contributed by atoms with E-state index in [0.29, 0.717) is 18.4 Å². The number of nitrogens with zero attached hydrogens (tertiary/aromatic N) is 2. The van der Waals surface area contributed by atoms with Gasteiger partial charge in [0, 0.05) is 18.3 Å². The van der Waals surface area contributed by atoms with Gasteiger partial charge in [0.2, 0.25) is 0 Å². The van der Waals surface area contributed by atoms with Crippen molar-refractivity contribution < 1.29 is 17.6 Å². The third-order valence-corrected chi connectivity index (χ3v) is 2.54. The Bertz CT molecular complexity index is 611. The highest BCUT2D eigenvalue weighted by molar-refractivity contribution is 5.62. The minimum atomic E-state index is -4.67. The second-order valence-electron chi connectivity index (χ2n) is 3.98. The van der Waals surface area contributed by atoms with E-state index in [2.05, 4.69) is 15.3 Å². The summed E-state index contributed by atoms with van der Waals surface area (Å²) in [6.45, 7) is 2.41. The molecule has 2 rings (SSSR count). The lowest BCUT2D eigenvalue weighted by atomic mass is 10.1. The van der Waals surface area contributed by atoms with Crippen molar-refractivity contribution in [3.05, 3.63) is 41.8 Å². The van der Waals surface area contributed by atoms with Gasteiger partial charge in [0.15, 0.2) is 5.82 Å². The van der Waals surface area contributed by atoms with Crippen LogP contribution in [0, 0.1) is 5.82 Å². The molecule has 106 valence electrons. The second-order valence-corrected chi connectivity index (χ2v) is 3.98. The summed E-state index contributed by atoms with van der Waals surface area (Å²) < 4.78 is 51.8. The Labute approximate surface area is 112 Å². The van der Waals surface area contributed by atoms with Crippen LogP contribution >= 0.6 is 0 Å². The molecule has 3 nitrogen and oxygen atoms in total. The minimum absolute atomic E-state index is 0.101. The monoisotopic (exact) mass is 285 g/mol. The molecule has 0 atom stereocenters. The van der Waals surface area contributed by atoms with Gasteiger partial charge in [-0.05, 0) is 31.2 Å². The van der Waals surface area contributed by atoms with E-state index in [1.165, 1.54) is 6.20 Å². The molecule has 0 bridgehead atoms. The number of rotatable bonds is 3. The van der Waals surface area contributed by atoms with Crippen LogP contribution in [0.1, 0.15) is 12.5 Å². The molecular formula is C13H11F4N3. The summed E-state index contributed by atoms with van der Waals surface area (Å²) in [4.78, 5) is 7.81. The molecule has 0 saturated heterocycles. The maximum absolute atomic E-state index is 13.0. The zero-order valence-electron chi connectivity index (χ0n) is 10.5. The molecule has 0 radical (unpaired) electrons. The van der Waals surface area contributed by atoms with Gasteiger partial charge in [-0.2, -0.15) is 13.2 Å². The van der Waals surface area contributed by atoms with E-state index < -0.39 is 17.6 Å². The summed E-state index contributed by atoms with van der Waals surface area (Å²) in [7, 11) is 0. The molecule has 1 heterocycles. The topological polar surface area (TPSA) is 37.8 Å². The summed E-state index contributed by atoms with van der Waals surface area (Å²) >= 11 is 0. The Kier molecular flexibility index (Phi) is 3.87. The van der Waals surface area contributed by atoms with E-state index in [4.69, 9.17) is 0 Å². The van der Waals surface area contributed by atoms with Crippen LogP contribution in [0.3, 0.4) is 0 Å². The van der Waals surface area contributed by atoms with Crippen molar-refractivity contribution >= 4 is 5.82 Å². The first-order chi connectivity index (χ1) is 9.41. The fourth-order valence-corrected chi connectivity index (χ4v) is 1.71. The maximum atomic E-state index is 13.0. The molecule has 0 aliphatic carbocycles. The number of benzene rings is 1. The Hall–Kier alpha value is -2.18. The molecule has 0 unspecified atom stereocenters. The molecule has 0 amide bonds. The zero-order valence-corrected chi connectivity index (χ0v) is 10.5. The molecule has 2 aromatic rings. The van der Waals surface area contributed by atoms with Crippen molar-refractivity contribution in [1.29, 1.82) is 0 Å².